The van der Waals surface area contributed by atoms with Gasteiger partial charge in [-0.2, -0.15) is 0 Å². The summed E-state index contributed by atoms with van der Waals surface area (Å²) in [6.07, 6.45) is 1.97. The maximum atomic E-state index is 10.6. The van der Waals surface area contributed by atoms with Crippen molar-refractivity contribution in [1.82, 2.24) is 0 Å². The van der Waals surface area contributed by atoms with Crippen molar-refractivity contribution >= 4 is 5.97 Å². The van der Waals surface area contributed by atoms with Crippen molar-refractivity contribution in [2.24, 2.45) is 5.73 Å². The molecule has 1 aliphatic rings. The SMILES string of the molecule is NC[C@H]1CCc2cc(CC(=O)O)ccc2O1. The molecule has 0 spiro atoms. The normalized spacial score (nSPS) is 18.7. The van der Waals surface area contributed by atoms with Gasteiger partial charge in [0.05, 0.1) is 6.42 Å². The minimum Gasteiger partial charge on any atom is -0.489 e. The van der Waals surface area contributed by atoms with Crippen LogP contribution in [0.3, 0.4) is 0 Å². The Kier molecular flexibility index (Phi) is 3.10. The van der Waals surface area contributed by atoms with E-state index < -0.39 is 5.97 Å². The number of rotatable bonds is 3. The predicted molar refractivity (Wildman–Crippen MR) is 59.6 cm³/mol. The highest BCUT2D eigenvalue weighted by molar-refractivity contribution is 5.70. The van der Waals surface area contributed by atoms with Gasteiger partial charge in [0.1, 0.15) is 11.9 Å². The number of ether oxygens (including phenoxy) is 1. The first-order valence-electron chi connectivity index (χ1n) is 5.39. The largest absolute Gasteiger partial charge is 0.489 e. The van der Waals surface area contributed by atoms with E-state index in [-0.39, 0.29) is 12.5 Å². The van der Waals surface area contributed by atoms with E-state index in [0.29, 0.717) is 6.54 Å². The number of carboxylic acids is 1. The van der Waals surface area contributed by atoms with Gasteiger partial charge in [0.15, 0.2) is 0 Å². The third-order valence-electron chi connectivity index (χ3n) is 2.77. The Morgan fingerprint density at radius 3 is 3.06 bits per heavy atom. The van der Waals surface area contributed by atoms with Gasteiger partial charge in [-0.3, -0.25) is 4.79 Å². The van der Waals surface area contributed by atoms with Gasteiger partial charge in [0, 0.05) is 6.54 Å². The molecule has 1 atom stereocenters. The number of aliphatic carboxylic acids is 1. The molecule has 0 saturated heterocycles. The lowest BCUT2D eigenvalue weighted by Crippen LogP contribution is -2.30. The zero-order valence-corrected chi connectivity index (χ0v) is 8.98. The topological polar surface area (TPSA) is 72.6 Å². The van der Waals surface area contributed by atoms with Crippen molar-refractivity contribution < 1.29 is 14.6 Å². The lowest BCUT2D eigenvalue weighted by atomic mass is 9.99. The van der Waals surface area contributed by atoms with Crippen LogP contribution in [-0.4, -0.2) is 23.7 Å². The number of carboxylic acid groups (broad SMARTS) is 1. The lowest BCUT2D eigenvalue weighted by molar-refractivity contribution is -0.136. The molecule has 0 bridgehead atoms. The number of benzene rings is 1. The molecule has 0 amide bonds. The van der Waals surface area contributed by atoms with E-state index in [9.17, 15) is 4.79 Å². The van der Waals surface area contributed by atoms with Crippen LogP contribution in [0.25, 0.3) is 0 Å². The summed E-state index contributed by atoms with van der Waals surface area (Å²) in [5.41, 5.74) is 7.46. The summed E-state index contributed by atoms with van der Waals surface area (Å²) in [5.74, 6) is 0.0346. The average Bonchev–Trinajstić information content (AvgIpc) is 2.27. The van der Waals surface area contributed by atoms with Gasteiger partial charge < -0.3 is 15.6 Å². The van der Waals surface area contributed by atoms with E-state index in [2.05, 4.69) is 0 Å². The molecule has 1 aromatic carbocycles. The van der Waals surface area contributed by atoms with Crippen molar-refractivity contribution in [1.29, 1.82) is 0 Å². The number of hydrogen-bond acceptors (Lipinski definition) is 3. The molecule has 0 radical (unpaired) electrons. The van der Waals surface area contributed by atoms with Gasteiger partial charge in [0.2, 0.25) is 0 Å². The summed E-state index contributed by atoms with van der Waals surface area (Å²) in [6.45, 7) is 0.524. The maximum Gasteiger partial charge on any atom is 0.307 e. The van der Waals surface area contributed by atoms with Crippen LogP contribution in [0.4, 0.5) is 0 Å². The highest BCUT2D eigenvalue weighted by Crippen LogP contribution is 2.28. The first-order valence-corrected chi connectivity index (χ1v) is 5.39. The molecule has 3 N–H and O–H groups in total. The molecule has 0 unspecified atom stereocenters. The van der Waals surface area contributed by atoms with Gasteiger partial charge in [-0.25, -0.2) is 0 Å². The van der Waals surface area contributed by atoms with Crippen molar-refractivity contribution in [3.63, 3.8) is 0 Å². The Morgan fingerprint density at radius 2 is 2.38 bits per heavy atom. The molecule has 86 valence electrons. The summed E-state index contributed by atoms with van der Waals surface area (Å²) in [6, 6.07) is 5.55. The Hall–Kier alpha value is -1.55. The third-order valence-corrected chi connectivity index (χ3v) is 2.77. The smallest absolute Gasteiger partial charge is 0.307 e. The standard InChI is InChI=1S/C12H15NO3/c13-7-10-3-2-9-5-8(6-12(14)15)1-4-11(9)16-10/h1,4-5,10H,2-3,6-7,13H2,(H,14,15)/t10-/m1/s1. The molecule has 4 heteroatoms. The Labute approximate surface area is 94.0 Å². The van der Waals surface area contributed by atoms with E-state index in [4.69, 9.17) is 15.6 Å². The highest BCUT2D eigenvalue weighted by atomic mass is 16.5. The summed E-state index contributed by atoms with van der Waals surface area (Å²) < 4.78 is 5.67. The second-order valence-corrected chi connectivity index (χ2v) is 4.03. The predicted octanol–water partition coefficient (Wildman–Crippen LogP) is 0.966. The fraction of sp³-hybridized carbons (Fsp3) is 0.417. The third kappa shape index (κ3) is 2.33. The number of carbonyl (C=O) groups is 1. The van der Waals surface area contributed by atoms with E-state index in [0.717, 1.165) is 29.7 Å². The molecule has 0 aromatic heterocycles. The van der Waals surface area contributed by atoms with Gasteiger partial charge in [-0.15, -0.1) is 0 Å². The molecule has 0 fully saturated rings. The molecule has 1 heterocycles. The van der Waals surface area contributed by atoms with E-state index >= 15 is 0 Å². The second-order valence-electron chi connectivity index (χ2n) is 4.03. The molecule has 2 rings (SSSR count). The maximum absolute atomic E-state index is 10.6. The van der Waals surface area contributed by atoms with Crippen molar-refractivity contribution in [2.45, 2.75) is 25.4 Å². The minimum absolute atomic E-state index is 0.0631. The van der Waals surface area contributed by atoms with Crippen LogP contribution in [0, 0.1) is 0 Å². The van der Waals surface area contributed by atoms with Gasteiger partial charge in [-0.05, 0) is 30.0 Å². The second kappa shape index (κ2) is 4.53. The molecular formula is C12H15NO3. The Balaban J connectivity index is 2.18. The average molecular weight is 221 g/mol. The number of nitrogens with two attached hydrogens (primary N) is 1. The lowest BCUT2D eigenvalue weighted by Gasteiger charge is -2.25. The zero-order chi connectivity index (χ0) is 11.5. The van der Waals surface area contributed by atoms with Crippen LogP contribution in [0.2, 0.25) is 0 Å². The van der Waals surface area contributed by atoms with Crippen LogP contribution in [-0.2, 0) is 17.6 Å². The number of hydrogen-bond donors (Lipinski definition) is 2. The quantitative estimate of drug-likeness (QED) is 0.797. The summed E-state index contributed by atoms with van der Waals surface area (Å²) in [4.78, 5) is 10.6. The van der Waals surface area contributed by atoms with Gasteiger partial charge in [0.25, 0.3) is 0 Å². The van der Waals surface area contributed by atoms with Crippen LogP contribution in [0.15, 0.2) is 18.2 Å². The highest BCUT2D eigenvalue weighted by Gasteiger charge is 2.18. The van der Waals surface area contributed by atoms with Crippen molar-refractivity contribution in [2.75, 3.05) is 6.54 Å². The molecule has 0 aliphatic carbocycles. The van der Waals surface area contributed by atoms with E-state index in [1.54, 1.807) is 6.07 Å². The molecule has 1 aliphatic heterocycles. The molecule has 0 saturated carbocycles. The van der Waals surface area contributed by atoms with Crippen LogP contribution >= 0.6 is 0 Å². The fourth-order valence-electron chi connectivity index (χ4n) is 1.95. The van der Waals surface area contributed by atoms with Crippen LogP contribution in [0.1, 0.15) is 17.5 Å². The van der Waals surface area contributed by atoms with E-state index in [1.807, 2.05) is 12.1 Å². The molecule has 4 nitrogen and oxygen atoms in total. The van der Waals surface area contributed by atoms with Gasteiger partial charge >= 0.3 is 5.97 Å². The zero-order valence-electron chi connectivity index (χ0n) is 8.98. The minimum atomic E-state index is -0.809. The molecule has 16 heavy (non-hydrogen) atoms. The van der Waals surface area contributed by atoms with Crippen molar-refractivity contribution in [3.8, 4) is 5.75 Å². The van der Waals surface area contributed by atoms with Gasteiger partial charge in [-0.1, -0.05) is 12.1 Å². The summed E-state index contributed by atoms with van der Waals surface area (Å²) >= 11 is 0. The Bertz CT molecular complexity index is 403. The number of fused-ring (bicyclic) bond motifs is 1. The first kappa shape index (κ1) is 11.0. The monoisotopic (exact) mass is 221 g/mol. The fourth-order valence-corrected chi connectivity index (χ4v) is 1.95. The molecule has 1 aromatic rings. The summed E-state index contributed by atoms with van der Waals surface area (Å²) in [7, 11) is 0. The Morgan fingerprint density at radius 1 is 1.56 bits per heavy atom. The van der Waals surface area contributed by atoms with Crippen molar-refractivity contribution in [3.05, 3.63) is 29.3 Å². The van der Waals surface area contributed by atoms with Crippen LogP contribution in [0.5, 0.6) is 5.75 Å². The summed E-state index contributed by atoms with van der Waals surface area (Å²) in [5, 5.41) is 8.70. The number of aryl methyl sites for hydroxylation is 1. The first-order chi connectivity index (χ1) is 7.69. The molecular weight excluding hydrogens is 206 g/mol. The van der Waals surface area contributed by atoms with Crippen LogP contribution < -0.4 is 10.5 Å². The van der Waals surface area contributed by atoms with E-state index in [1.165, 1.54) is 0 Å².